The van der Waals surface area contributed by atoms with E-state index in [2.05, 4.69) is 10.6 Å². The Bertz CT molecular complexity index is 439. The zero-order valence-electron chi connectivity index (χ0n) is 11.1. The first-order valence-electron chi connectivity index (χ1n) is 6.04. The van der Waals surface area contributed by atoms with Gasteiger partial charge < -0.3 is 15.4 Å². The van der Waals surface area contributed by atoms with Crippen LogP contribution >= 0.6 is 23.2 Å². The van der Waals surface area contributed by atoms with Crippen molar-refractivity contribution < 1.29 is 9.53 Å². The first-order chi connectivity index (χ1) is 9.08. The first kappa shape index (κ1) is 16.1. The second kappa shape index (κ2) is 8.25. The molecule has 106 valence electrons. The normalized spacial score (nSPS) is 10.3. The first-order valence-corrected chi connectivity index (χ1v) is 6.80. The lowest BCUT2D eigenvalue weighted by atomic mass is 10.2. The molecule has 0 saturated heterocycles. The number of carbonyl (C=O) groups is 1. The van der Waals surface area contributed by atoms with Gasteiger partial charge in [-0.1, -0.05) is 23.2 Å². The summed E-state index contributed by atoms with van der Waals surface area (Å²) in [4.78, 5) is 11.1. The number of nitrogens with one attached hydrogen (secondary N) is 2. The van der Waals surface area contributed by atoms with E-state index in [1.165, 1.54) is 0 Å². The molecule has 0 aliphatic rings. The molecule has 0 radical (unpaired) electrons. The van der Waals surface area contributed by atoms with Crippen LogP contribution in [0.4, 0.5) is 0 Å². The minimum Gasteiger partial charge on any atom is -0.492 e. The third kappa shape index (κ3) is 5.27. The Morgan fingerprint density at radius 2 is 2.05 bits per heavy atom. The fourth-order valence-electron chi connectivity index (χ4n) is 1.63. The van der Waals surface area contributed by atoms with Gasteiger partial charge in [-0.3, -0.25) is 4.79 Å². The van der Waals surface area contributed by atoms with Crippen molar-refractivity contribution in [1.82, 2.24) is 10.6 Å². The molecule has 0 heterocycles. The van der Waals surface area contributed by atoms with Gasteiger partial charge in [0.15, 0.2) is 0 Å². The predicted molar refractivity (Wildman–Crippen MR) is 78.0 cm³/mol. The van der Waals surface area contributed by atoms with E-state index in [4.69, 9.17) is 27.9 Å². The van der Waals surface area contributed by atoms with Crippen LogP contribution in [0.1, 0.15) is 18.4 Å². The molecule has 0 bridgehead atoms. The van der Waals surface area contributed by atoms with Gasteiger partial charge >= 0.3 is 0 Å². The van der Waals surface area contributed by atoms with E-state index in [0.29, 0.717) is 41.8 Å². The van der Waals surface area contributed by atoms with E-state index in [1.807, 2.05) is 13.1 Å². The highest BCUT2D eigenvalue weighted by Crippen LogP contribution is 2.32. The van der Waals surface area contributed by atoms with E-state index in [-0.39, 0.29) is 5.91 Å². The number of hydrogen-bond acceptors (Lipinski definition) is 3. The van der Waals surface area contributed by atoms with Crippen LogP contribution in [0.5, 0.6) is 5.75 Å². The highest BCUT2D eigenvalue weighted by Gasteiger charge is 2.10. The third-order valence-corrected chi connectivity index (χ3v) is 3.02. The molecular weight excluding hydrogens is 287 g/mol. The monoisotopic (exact) mass is 304 g/mol. The lowest BCUT2D eigenvalue weighted by molar-refractivity contribution is -0.120. The molecule has 1 amide bonds. The van der Waals surface area contributed by atoms with Crippen molar-refractivity contribution in [2.24, 2.45) is 0 Å². The van der Waals surface area contributed by atoms with Crippen molar-refractivity contribution in [3.8, 4) is 5.75 Å². The van der Waals surface area contributed by atoms with Crippen LogP contribution in [0.25, 0.3) is 0 Å². The van der Waals surface area contributed by atoms with Gasteiger partial charge in [0, 0.05) is 30.6 Å². The SMILES string of the molecule is CNCc1cc(Cl)cc(Cl)c1OCCCC(=O)NC. The zero-order chi connectivity index (χ0) is 14.3. The molecule has 6 heteroatoms. The highest BCUT2D eigenvalue weighted by molar-refractivity contribution is 6.35. The molecule has 0 aromatic heterocycles. The van der Waals surface area contributed by atoms with E-state index in [1.54, 1.807) is 13.1 Å². The number of amides is 1. The molecule has 1 aromatic rings. The molecule has 0 saturated carbocycles. The van der Waals surface area contributed by atoms with Gasteiger partial charge in [-0.25, -0.2) is 0 Å². The van der Waals surface area contributed by atoms with E-state index >= 15 is 0 Å². The lowest BCUT2D eigenvalue weighted by Crippen LogP contribution is -2.18. The average molecular weight is 305 g/mol. The molecule has 0 spiro atoms. The Kier molecular flexibility index (Phi) is 6.99. The van der Waals surface area contributed by atoms with Crippen molar-refractivity contribution in [2.75, 3.05) is 20.7 Å². The molecule has 1 rings (SSSR count). The molecule has 0 atom stereocenters. The van der Waals surface area contributed by atoms with Crippen LogP contribution in [-0.4, -0.2) is 26.6 Å². The molecule has 0 unspecified atom stereocenters. The second-order valence-corrected chi connectivity index (χ2v) is 4.88. The summed E-state index contributed by atoms with van der Waals surface area (Å²) in [5, 5.41) is 6.66. The van der Waals surface area contributed by atoms with Crippen molar-refractivity contribution in [1.29, 1.82) is 0 Å². The summed E-state index contributed by atoms with van der Waals surface area (Å²) < 4.78 is 5.66. The molecule has 19 heavy (non-hydrogen) atoms. The van der Waals surface area contributed by atoms with E-state index in [0.717, 1.165) is 5.56 Å². The fraction of sp³-hybridized carbons (Fsp3) is 0.462. The summed E-state index contributed by atoms with van der Waals surface area (Å²) in [5.74, 6) is 0.624. The second-order valence-electron chi connectivity index (χ2n) is 4.03. The smallest absolute Gasteiger partial charge is 0.219 e. The van der Waals surface area contributed by atoms with Gasteiger partial charge in [-0.05, 0) is 25.6 Å². The Morgan fingerprint density at radius 3 is 2.68 bits per heavy atom. The maximum absolute atomic E-state index is 11.1. The Balaban J connectivity index is 2.63. The number of rotatable bonds is 7. The third-order valence-electron chi connectivity index (χ3n) is 2.53. The van der Waals surface area contributed by atoms with Gasteiger partial charge in [0.05, 0.1) is 11.6 Å². The highest BCUT2D eigenvalue weighted by atomic mass is 35.5. The fourth-order valence-corrected chi connectivity index (χ4v) is 2.22. The van der Waals surface area contributed by atoms with Gasteiger partial charge in [0.1, 0.15) is 5.75 Å². The summed E-state index contributed by atoms with van der Waals surface area (Å²) in [5.41, 5.74) is 0.903. The Morgan fingerprint density at radius 1 is 1.32 bits per heavy atom. The van der Waals surface area contributed by atoms with E-state index < -0.39 is 0 Å². The molecule has 4 nitrogen and oxygen atoms in total. The minimum atomic E-state index is 0.00116. The van der Waals surface area contributed by atoms with Gasteiger partial charge in [-0.2, -0.15) is 0 Å². The molecule has 0 aliphatic carbocycles. The van der Waals surface area contributed by atoms with Crippen LogP contribution in [-0.2, 0) is 11.3 Å². The number of ether oxygens (including phenoxy) is 1. The van der Waals surface area contributed by atoms with E-state index in [9.17, 15) is 4.79 Å². The summed E-state index contributed by atoms with van der Waals surface area (Å²) in [7, 11) is 3.45. The van der Waals surface area contributed by atoms with Gasteiger partial charge in [0.25, 0.3) is 0 Å². The number of hydrogen-bond donors (Lipinski definition) is 2. The Hall–Kier alpha value is -0.970. The van der Waals surface area contributed by atoms with Gasteiger partial charge in [0.2, 0.25) is 5.91 Å². The number of carbonyl (C=O) groups excluding carboxylic acids is 1. The quantitative estimate of drug-likeness (QED) is 0.761. The van der Waals surface area contributed by atoms with Crippen LogP contribution in [0.2, 0.25) is 10.0 Å². The van der Waals surface area contributed by atoms with Crippen LogP contribution in [0, 0.1) is 0 Å². The Labute approximate surface area is 123 Å². The molecule has 1 aromatic carbocycles. The van der Waals surface area contributed by atoms with Gasteiger partial charge in [-0.15, -0.1) is 0 Å². The largest absolute Gasteiger partial charge is 0.492 e. The minimum absolute atomic E-state index is 0.00116. The lowest BCUT2D eigenvalue weighted by Gasteiger charge is -2.13. The molecule has 0 fully saturated rings. The van der Waals surface area contributed by atoms with Crippen molar-refractivity contribution >= 4 is 29.1 Å². The van der Waals surface area contributed by atoms with Crippen LogP contribution in [0.3, 0.4) is 0 Å². The zero-order valence-corrected chi connectivity index (χ0v) is 12.6. The van der Waals surface area contributed by atoms with Crippen molar-refractivity contribution in [3.05, 3.63) is 27.7 Å². The average Bonchev–Trinajstić information content (AvgIpc) is 2.36. The standard InChI is InChI=1S/C13H18Cl2N2O2/c1-16-8-9-6-10(14)7-11(15)13(9)19-5-3-4-12(18)17-2/h6-7,16H,3-5,8H2,1-2H3,(H,17,18). The summed E-state index contributed by atoms with van der Waals surface area (Å²) in [6, 6.07) is 3.47. The van der Waals surface area contributed by atoms with Crippen LogP contribution < -0.4 is 15.4 Å². The number of halogens is 2. The number of benzene rings is 1. The molecular formula is C13H18Cl2N2O2. The molecule has 0 aliphatic heterocycles. The topological polar surface area (TPSA) is 50.4 Å². The van der Waals surface area contributed by atoms with Crippen molar-refractivity contribution in [2.45, 2.75) is 19.4 Å². The van der Waals surface area contributed by atoms with Crippen LogP contribution in [0.15, 0.2) is 12.1 Å². The molecule has 2 N–H and O–H groups in total. The maximum atomic E-state index is 11.1. The summed E-state index contributed by atoms with van der Waals surface area (Å²) in [6.07, 6.45) is 1.07. The summed E-state index contributed by atoms with van der Waals surface area (Å²) in [6.45, 7) is 1.05. The maximum Gasteiger partial charge on any atom is 0.219 e. The predicted octanol–water partition coefficient (Wildman–Crippen LogP) is 2.62. The summed E-state index contributed by atoms with van der Waals surface area (Å²) >= 11 is 12.1. The van der Waals surface area contributed by atoms with Crippen molar-refractivity contribution in [3.63, 3.8) is 0 Å².